The van der Waals surface area contributed by atoms with Gasteiger partial charge < -0.3 is 0 Å². The molecule has 368 valence electrons. The van der Waals surface area contributed by atoms with E-state index in [1.807, 2.05) is 9.36 Å². The summed E-state index contributed by atoms with van der Waals surface area (Å²) in [6.07, 6.45) is 8.95. The molecule has 72 heavy (non-hydrogen) atoms. The van der Waals surface area contributed by atoms with Crippen molar-refractivity contribution in [3.05, 3.63) is 225 Å². The summed E-state index contributed by atoms with van der Waals surface area (Å²) in [6.45, 7) is 22.5. The second-order valence-electron chi connectivity index (χ2n) is 19.3. The average Bonchev–Trinajstić information content (AvgIpc) is 4.06. The highest BCUT2D eigenvalue weighted by molar-refractivity contribution is 5.51. The van der Waals surface area contributed by atoms with Crippen LogP contribution in [0.25, 0.3) is 23.5 Å². The molecule has 8 aromatic rings. The Kier molecular flexibility index (Phi) is 16.4. The van der Waals surface area contributed by atoms with Gasteiger partial charge in [-0.25, -0.2) is 0 Å². The van der Waals surface area contributed by atoms with E-state index in [0.29, 0.717) is 0 Å². The summed E-state index contributed by atoms with van der Waals surface area (Å²) < 4.78 is 3.90. The number of benzene rings is 6. The summed E-state index contributed by atoms with van der Waals surface area (Å²) in [5.41, 5.74) is 14.2. The van der Waals surface area contributed by atoms with E-state index in [-0.39, 0.29) is 12.1 Å². The van der Waals surface area contributed by atoms with E-state index in [4.69, 9.17) is 0 Å². The molecule has 2 aromatic heterocycles. The lowest BCUT2D eigenvalue weighted by Crippen LogP contribution is -2.48. The third kappa shape index (κ3) is 12.1. The third-order valence-electron chi connectivity index (χ3n) is 14.0. The summed E-state index contributed by atoms with van der Waals surface area (Å²) in [5.74, 6) is 1.74. The van der Waals surface area contributed by atoms with Gasteiger partial charge in [-0.3, -0.25) is 19.6 Å². The Morgan fingerprint density at radius 3 is 1.14 bits per heavy atom. The van der Waals surface area contributed by atoms with Gasteiger partial charge in [-0.05, 0) is 107 Å². The van der Waals surface area contributed by atoms with Crippen molar-refractivity contribution in [1.29, 1.82) is 0 Å². The summed E-state index contributed by atoms with van der Waals surface area (Å²) in [7, 11) is 0. The molecule has 0 spiro atoms. The van der Waals surface area contributed by atoms with Gasteiger partial charge in [0.05, 0.1) is 23.5 Å². The summed E-state index contributed by atoms with van der Waals surface area (Å²) >= 11 is 0. The van der Waals surface area contributed by atoms with E-state index in [1.54, 1.807) is 0 Å². The first-order valence-corrected chi connectivity index (χ1v) is 25.4. The van der Waals surface area contributed by atoms with Crippen molar-refractivity contribution in [3.63, 3.8) is 0 Å². The van der Waals surface area contributed by atoms with Crippen molar-refractivity contribution in [1.82, 2.24) is 60.0 Å². The molecular weight excluding hydrogens is 889 g/mol. The molecule has 2 fully saturated rings. The Labute approximate surface area is 425 Å². The molecule has 2 aliphatic heterocycles. The fourth-order valence-electron chi connectivity index (χ4n) is 10.3. The van der Waals surface area contributed by atoms with Crippen LogP contribution in [0.15, 0.2) is 158 Å². The summed E-state index contributed by atoms with van der Waals surface area (Å²) in [4.78, 5) is 10.1. The van der Waals surface area contributed by atoms with E-state index < -0.39 is 0 Å². The van der Waals surface area contributed by atoms with Crippen LogP contribution in [-0.2, 0) is 0 Å². The molecule has 0 saturated carbocycles. The minimum absolute atomic E-state index is 0.0130. The number of para-hydroxylation sites is 2. The molecule has 12 nitrogen and oxygen atoms in total. The molecule has 0 amide bonds. The maximum absolute atomic E-state index is 4.59. The Bertz CT molecular complexity index is 2800. The van der Waals surface area contributed by atoms with Crippen LogP contribution in [0.3, 0.4) is 0 Å². The van der Waals surface area contributed by atoms with Crippen LogP contribution in [-0.4, -0.2) is 125 Å². The van der Waals surface area contributed by atoms with Gasteiger partial charge in [-0.1, -0.05) is 181 Å². The maximum atomic E-state index is 4.59. The SMILES string of the molecule is Cc1cccc([C@@H](c2nnnn2-c2c(C)cccc2C)N2CCN(C/C=C/c3ccccc3)CC2)c1.Cc1cccc([C@H](c2nnnn2-c2c(C)cccc2C)N2CCN(C/C=C/c3ccccc3)CC2)c1. The van der Waals surface area contributed by atoms with Crippen molar-refractivity contribution >= 4 is 12.2 Å². The number of hydrogen-bond acceptors (Lipinski definition) is 10. The standard InChI is InChI=1S/2C30H34N6/c2*1-23-10-7-16-27(22-23)29(30-31-32-33-36(30)28-24(2)11-8-12-25(28)3)35-20-18-34(19-21-35)17-9-15-26-13-5-4-6-14-26/h2*4-16,22,29H,17-21H2,1-3H3/b2*15-9+/t2*29-/m10/s1. The van der Waals surface area contributed by atoms with E-state index in [0.717, 1.165) is 88.5 Å². The molecule has 0 N–H and O–H groups in total. The van der Waals surface area contributed by atoms with Crippen molar-refractivity contribution in [2.45, 2.75) is 53.6 Å². The Balaban J connectivity index is 0.000000178. The van der Waals surface area contributed by atoms with Gasteiger partial charge in [-0.2, -0.15) is 9.36 Å². The minimum Gasteiger partial charge on any atom is -0.297 e. The van der Waals surface area contributed by atoms with Crippen LogP contribution in [0.4, 0.5) is 0 Å². The first-order chi connectivity index (χ1) is 35.2. The zero-order valence-electron chi connectivity index (χ0n) is 42.8. The summed E-state index contributed by atoms with van der Waals surface area (Å²) in [6, 6.07) is 51.1. The van der Waals surface area contributed by atoms with Gasteiger partial charge in [0.2, 0.25) is 0 Å². The highest BCUT2D eigenvalue weighted by Gasteiger charge is 2.33. The second kappa shape index (κ2) is 23.8. The molecule has 12 heteroatoms. The molecule has 0 unspecified atom stereocenters. The average molecular weight is 957 g/mol. The van der Waals surface area contributed by atoms with Crippen LogP contribution >= 0.6 is 0 Å². The quantitative estimate of drug-likeness (QED) is 0.105. The van der Waals surface area contributed by atoms with Crippen LogP contribution in [0.2, 0.25) is 0 Å². The van der Waals surface area contributed by atoms with Crippen molar-refractivity contribution < 1.29 is 0 Å². The largest absolute Gasteiger partial charge is 0.297 e. The summed E-state index contributed by atoms with van der Waals surface area (Å²) in [5, 5.41) is 26.4. The zero-order chi connectivity index (χ0) is 49.8. The number of hydrogen-bond donors (Lipinski definition) is 0. The lowest BCUT2D eigenvalue weighted by molar-refractivity contribution is 0.113. The van der Waals surface area contributed by atoms with Gasteiger partial charge in [0.15, 0.2) is 11.6 Å². The molecule has 0 radical (unpaired) electrons. The molecule has 0 bridgehead atoms. The van der Waals surface area contributed by atoms with Gasteiger partial charge >= 0.3 is 0 Å². The molecule has 6 aromatic carbocycles. The van der Waals surface area contributed by atoms with Crippen molar-refractivity contribution in [3.8, 4) is 11.4 Å². The maximum Gasteiger partial charge on any atom is 0.178 e. The molecule has 2 aliphatic rings. The van der Waals surface area contributed by atoms with Gasteiger partial charge in [0, 0.05) is 65.4 Å². The highest BCUT2D eigenvalue weighted by Crippen LogP contribution is 2.33. The number of nitrogens with zero attached hydrogens (tertiary/aromatic N) is 12. The molecule has 0 aliphatic carbocycles. The Morgan fingerprint density at radius 2 is 0.778 bits per heavy atom. The fourth-order valence-corrected chi connectivity index (χ4v) is 10.3. The highest BCUT2D eigenvalue weighted by atomic mass is 15.6. The van der Waals surface area contributed by atoms with Crippen molar-refractivity contribution in [2.24, 2.45) is 0 Å². The monoisotopic (exact) mass is 957 g/mol. The van der Waals surface area contributed by atoms with E-state index in [2.05, 4.69) is 262 Å². The third-order valence-corrected chi connectivity index (χ3v) is 14.0. The Hall–Kier alpha value is -7.22. The van der Waals surface area contributed by atoms with E-state index in [9.17, 15) is 0 Å². The molecule has 4 heterocycles. The van der Waals surface area contributed by atoms with Gasteiger partial charge in [-0.15, -0.1) is 10.2 Å². The Morgan fingerprint density at radius 1 is 0.417 bits per heavy atom. The zero-order valence-corrected chi connectivity index (χ0v) is 42.8. The predicted molar refractivity (Wildman–Crippen MR) is 290 cm³/mol. The number of rotatable bonds is 14. The normalized spacial score (nSPS) is 16.0. The number of tetrazole rings is 2. The second-order valence-corrected chi connectivity index (χ2v) is 19.3. The van der Waals surface area contributed by atoms with E-state index >= 15 is 0 Å². The molecule has 2 saturated heterocycles. The van der Waals surface area contributed by atoms with Gasteiger partial charge in [0.1, 0.15) is 0 Å². The fraction of sp³-hybridized carbons (Fsp3) is 0.300. The minimum atomic E-state index is -0.0130. The lowest BCUT2D eigenvalue weighted by atomic mass is 10.0. The number of aromatic nitrogens is 8. The van der Waals surface area contributed by atoms with Crippen LogP contribution in [0.1, 0.15) is 79.4 Å². The van der Waals surface area contributed by atoms with E-state index in [1.165, 1.54) is 55.6 Å². The molecule has 2 atom stereocenters. The number of piperazine rings is 2. The van der Waals surface area contributed by atoms with Crippen molar-refractivity contribution in [2.75, 3.05) is 65.4 Å². The lowest BCUT2D eigenvalue weighted by Gasteiger charge is -2.38. The van der Waals surface area contributed by atoms with Gasteiger partial charge in [0.25, 0.3) is 0 Å². The van der Waals surface area contributed by atoms with Crippen LogP contribution in [0, 0.1) is 41.5 Å². The molecular formula is C60H68N12. The molecule has 10 rings (SSSR count). The predicted octanol–water partition coefficient (Wildman–Crippen LogP) is 10.0. The topological polar surface area (TPSA) is 100 Å². The first kappa shape index (κ1) is 49.7. The first-order valence-electron chi connectivity index (χ1n) is 25.4. The van der Waals surface area contributed by atoms with Crippen LogP contribution < -0.4 is 0 Å². The number of aryl methyl sites for hydroxylation is 6. The smallest absolute Gasteiger partial charge is 0.178 e. The van der Waals surface area contributed by atoms with Crippen LogP contribution in [0.5, 0.6) is 0 Å².